The topological polar surface area (TPSA) is 47.3 Å². The van der Waals surface area contributed by atoms with Crippen molar-refractivity contribution < 1.29 is 4.74 Å². The lowest BCUT2D eigenvalue weighted by Gasteiger charge is -2.22. The lowest BCUT2D eigenvalue weighted by Crippen LogP contribution is -2.22. The van der Waals surface area contributed by atoms with Crippen LogP contribution in [0.4, 0.5) is 5.69 Å². The molecule has 18 heavy (non-hydrogen) atoms. The first kappa shape index (κ1) is 13.8. The van der Waals surface area contributed by atoms with Crippen molar-refractivity contribution in [3.8, 4) is 0 Å². The van der Waals surface area contributed by atoms with E-state index in [2.05, 4.69) is 21.2 Å². The molecule has 1 aromatic carbocycles. The Morgan fingerprint density at radius 3 is 2.78 bits per heavy atom. The maximum Gasteiger partial charge on any atom is 0.105 e. The molecule has 1 saturated heterocycles. The average molecular weight is 329 g/mol. The molecule has 2 rings (SSSR count). The zero-order valence-corrected chi connectivity index (χ0v) is 12.5. The van der Waals surface area contributed by atoms with Crippen LogP contribution in [0.3, 0.4) is 0 Å². The molecule has 1 aromatic rings. The molecule has 98 valence electrons. The molecule has 0 bridgehead atoms. The first-order valence-corrected chi connectivity index (χ1v) is 7.28. The highest BCUT2D eigenvalue weighted by atomic mass is 79.9. The van der Waals surface area contributed by atoms with Crippen LogP contribution >= 0.6 is 28.1 Å². The van der Waals surface area contributed by atoms with Gasteiger partial charge in [-0.1, -0.05) is 12.2 Å². The number of nitrogens with two attached hydrogens (primary N) is 1. The number of rotatable bonds is 4. The van der Waals surface area contributed by atoms with Crippen molar-refractivity contribution in [2.75, 3.05) is 25.1 Å². The molecule has 0 saturated carbocycles. The summed E-state index contributed by atoms with van der Waals surface area (Å²) in [5.74, 6) is 0.702. The zero-order chi connectivity index (χ0) is 13.0. The molecule has 0 aliphatic carbocycles. The lowest BCUT2D eigenvalue weighted by atomic mass is 10.0. The van der Waals surface area contributed by atoms with Gasteiger partial charge in [0.15, 0.2) is 0 Å². The van der Waals surface area contributed by atoms with Gasteiger partial charge in [0, 0.05) is 35.5 Å². The molecule has 3 nitrogen and oxygen atoms in total. The molecule has 1 fully saturated rings. The Morgan fingerprint density at radius 1 is 1.44 bits per heavy atom. The first-order chi connectivity index (χ1) is 8.66. The second-order valence-corrected chi connectivity index (χ2v) is 5.79. The third-order valence-corrected chi connectivity index (χ3v) is 4.05. The van der Waals surface area contributed by atoms with Crippen LogP contribution in [0.2, 0.25) is 0 Å². The number of benzene rings is 1. The van der Waals surface area contributed by atoms with Crippen molar-refractivity contribution in [2.45, 2.75) is 12.8 Å². The van der Waals surface area contributed by atoms with Crippen molar-refractivity contribution in [3.05, 3.63) is 28.2 Å². The maximum atomic E-state index is 5.62. The van der Waals surface area contributed by atoms with Crippen molar-refractivity contribution in [2.24, 2.45) is 11.7 Å². The summed E-state index contributed by atoms with van der Waals surface area (Å²) in [6.07, 6.45) is 2.28. The molecule has 0 aromatic heterocycles. The van der Waals surface area contributed by atoms with E-state index in [1.54, 1.807) is 0 Å². The van der Waals surface area contributed by atoms with Gasteiger partial charge in [0.1, 0.15) is 4.99 Å². The Labute approximate surface area is 121 Å². The fourth-order valence-corrected chi connectivity index (χ4v) is 2.94. The van der Waals surface area contributed by atoms with E-state index in [1.807, 2.05) is 18.2 Å². The molecule has 3 N–H and O–H groups in total. The van der Waals surface area contributed by atoms with Gasteiger partial charge in [0.2, 0.25) is 0 Å². The zero-order valence-electron chi connectivity index (χ0n) is 10.1. The van der Waals surface area contributed by atoms with E-state index in [0.717, 1.165) is 48.3 Å². The highest BCUT2D eigenvalue weighted by Crippen LogP contribution is 2.22. The normalized spacial score (nSPS) is 16.5. The van der Waals surface area contributed by atoms with Crippen molar-refractivity contribution in [1.29, 1.82) is 0 Å². The van der Waals surface area contributed by atoms with Gasteiger partial charge in [-0.3, -0.25) is 0 Å². The highest BCUT2D eigenvalue weighted by Gasteiger charge is 2.13. The van der Waals surface area contributed by atoms with Gasteiger partial charge in [0.05, 0.1) is 0 Å². The van der Waals surface area contributed by atoms with Crippen LogP contribution in [-0.2, 0) is 4.74 Å². The van der Waals surface area contributed by atoms with Gasteiger partial charge >= 0.3 is 0 Å². The van der Waals surface area contributed by atoms with E-state index in [-0.39, 0.29) is 0 Å². The summed E-state index contributed by atoms with van der Waals surface area (Å²) >= 11 is 8.46. The van der Waals surface area contributed by atoms with E-state index in [1.165, 1.54) is 0 Å². The van der Waals surface area contributed by atoms with Gasteiger partial charge in [-0.2, -0.15) is 0 Å². The number of ether oxygens (including phenoxy) is 1. The molecule has 0 spiro atoms. The average Bonchev–Trinajstić information content (AvgIpc) is 2.37. The second-order valence-electron chi connectivity index (χ2n) is 4.50. The van der Waals surface area contributed by atoms with Gasteiger partial charge < -0.3 is 15.8 Å². The summed E-state index contributed by atoms with van der Waals surface area (Å²) < 4.78 is 6.29. The molecule has 0 atom stereocenters. The third kappa shape index (κ3) is 3.67. The van der Waals surface area contributed by atoms with Gasteiger partial charge in [-0.05, 0) is 52.9 Å². The molecular weight excluding hydrogens is 312 g/mol. The first-order valence-electron chi connectivity index (χ1n) is 6.08. The Bertz CT molecular complexity index is 433. The predicted molar refractivity (Wildman–Crippen MR) is 82.1 cm³/mol. The Hall–Kier alpha value is -0.650. The van der Waals surface area contributed by atoms with Crippen LogP contribution in [0.1, 0.15) is 18.4 Å². The molecule has 1 heterocycles. The van der Waals surface area contributed by atoms with E-state index >= 15 is 0 Å². The largest absolute Gasteiger partial charge is 0.389 e. The SMILES string of the molecule is NC(=S)c1ccc(NCC2CCOCC2)cc1Br. The molecule has 0 unspecified atom stereocenters. The quantitative estimate of drug-likeness (QED) is 0.834. The molecule has 0 radical (unpaired) electrons. The van der Waals surface area contributed by atoms with E-state index in [9.17, 15) is 0 Å². The number of halogens is 1. The van der Waals surface area contributed by atoms with E-state index in [0.29, 0.717) is 10.9 Å². The lowest BCUT2D eigenvalue weighted by molar-refractivity contribution is 0.0699. The van der Waals surface area contributed by atoms with Gasteiger partial charge in [-0.25, -0.2) is 0 Å². The summed E-state index contributed by atoms with van der Waals surface area (Å²) in [6.45, 7) is 2.76. The molecule has 0 amide bonds. The van der Waals surface area contributed by atoms with Crippen molar-refractivity contribution >= 4 is 38.8 Å². The van der Waals surface area contributed by atoms with Crippen LogP contribution < -0.4 is 11.1 Å². The van der Waals surface area contributed by atoms with Crippen LogP contribution in [0.5, 0.6) is 0 Å². The standard InChI is InChI=1S/C13H17BrN2OS/c14-12-7-10(1-2-11(12)13(15)18)16-8-9-3-5-17-6-4-9/h1-2,7,9,16H,3-6,8H2,(H2,15,18). The number of anilines is 1. The Morgan fingerprint density at radius 2 is 2.17 bits per heavy atom. The smallest absolute Gasteiger partial charge is 0.105 e. The van der Waals surface area contributed by atoms with E-state index in [4.69, 9.17) is 22.7 Å². The molecule has 1 aliphatic rings. The summed E-state index contributed by atoms with van der Waals surface area (Å²) in [5.41, 5.74) is 7.59. The number of hydrogen-bond donors (Lipinski definition) is 2. The predicted octanol–water partition coefficient (Wildman–Crippen LogP) is 2.92. The number of nitrogens with one attached hydrogen (secondary N) is 1. The fraction of sp³-hybridized carbons (Fsp3) is 0.462. The summed E-state index contributed by atoms with van der Waals surface area (Å²) in [4.78, 5) is 0.415. The molecule has 1 aliphatic heterocycles. The van der Waals surface area contributed by atoms with Gasteiger partial charge in [-0.15, -0.1) is 0 Å². The summed E-state index contributed by atoms with van der Waals surface area (Å²) in [5, 5.41) is 3.45. The van der Waals surface area contributed by atoms with E-state index < -0.39 is 0 Å². The number of thiocarbonyl (C=S) groups is 1. The minimum atomic E-state index is 0.415. The maximum absolute atomic E-state index is 5.62. The molecule has 5 heteroatoms. The Balaban J connectivity index is 1.93. The molecular formula is C13H17BrN2OS. The highest BCUT2D eigenvalue weighted by molar-refractivity contribution is 9.10. The summed E-state index contributed by atoms with van der Waals surface area (Å²) in [6, 6.07) is 5.98. The van der Waals surface area contributed by atoms with Crippen LogP contribution in [0, 0.1) is 5.92 Å². The van der Waals surface area contributed by atoms with Crippen LogP contribution in [0.15, 0.2) is 22.7 Å². The van der Waals surface area contributed by atoms with Crippen molar-refractivity contribution in [1.82, 2.24) is 0 Å². The fourth-order valence-electron chi connectivity index (χ4n) is 2.04. The third-order valence-electron chi connectivity index (χ3n) is 3.17. The summed E-state index contributed by atoms with van der Waals surface area (Å²) in [7, 11) is 0. The number of hydrogen-bond acceptors (Lipinski definition) is 3. The van der Waals surface area contributed by atoms with Crippen LogP contribution in [0.25, 0.3) is 0 Å². The minimum absolute atomic E-state index is 0.415. The van der Waals surface area contributed by atoms with Crippen molar-refractivity contribution in [3.63, 3.8) is 0 Å². The monoisotopic (exact) mass is 328 g/mol. The second kappa shape index (κ2) is 6.50. The Kier molecular flexibility index (Phi) is 4.97. The minimum Gasteiger partial charge on any atom is -0.389 e. The van der Waals surface area contributed by atoms with Gasteiger partial charge in [0.25, 0.3) is 0 Å². The van der Waals surface area contributed by atoms with Crippen LogP contribution in [-0.4, -0.2) is 24.7 Å².